The molecular weight excluding hydrogens is 248 g/mol. The van der Waals surface area contributed by atoms with Crippen molar-refractivity contribution in [2.45, 2.75) is 31.8 Å². The van der Waals surface area contributed by atoms with E-state index < -0.39 is 0 Å². The zero-order chi connectivity index (χ0) is 14.0. The van der Waals surface area contributed by atoms with Crippen LogP contribution in [-0.4, -0.2) is 53.0 Å². The van der Waals surface area contributed by atoms with Crippen molar-refractivity contribution in [1.29, 1.82) is 0 Å². The molecule has 3 rings (SSSR count). The standard InChI is InChI=1S/C16H26N4/c1-2-20(11-14-3-7-18-8-4-14)16(13-17)6-10-19-9-5-15(16)12-19/h3-4,7-8,15H,2,5-6,9-13,17H2,1H3. The van der Waals surface area contributed by atoms with E-state index >= 15 is 0 Å². The fourth-order valence-electron chi connectivity index (χ4n) is 4.14. The Morgan fingerprint density at radius 1 is 1.40 bits per heavy atom. The molecule has 0 saturated carbocycles. The molecule has 3 atom stereocenters. The minimum absolute atomic E-state index is 0.199. The van der Waals surface area contributed by atoms with E-state index in [0.717, 1.165) is 25.6 Å². The topological polar surface area (TPSA) is 45.4 Å². The second-order valence-electron chi connectivity index (χ2n) is 6.21. The second kappa shape index (κ2) is 5.80. The first-order valence-electron chi connectivity index (χ1n) is 7.85. The van der Waals surface area contributed by atoms with Crippen LogP contribution in [-0.2, 0) is 6.54 Å². The average Bonchev–Trinajstić information content (AvgIpc) is 2.91. The van der Waals surface area contributed by atoms with E-state index in [0.29, 0.717) is 0 Å². The highest BCUT2D eigenvalue weighted by Crippen LogP contribution is 2.39. The third kappa shape index (κ3) is 2.36. The lowest BCUT2D eigenvalue weighted by molar-refractivity contribution is 0.00523. The number of aromatic nitrogens is 1. The van der Waals surface area contributed by atoms with E-state index in [-0.39, 0.29) is 5.54 Å². The highest BCUT2D eigenvalue weighted by atomic mass is 15.3. The van der Waals surface area contributed by atoms with E-state index in [1.807, 2.05) is 12.4 Å². The van der Waals surface area contributed by atoms with Crippen molar-refractivity contribution in [3.05, 3.63) is 30.1 Å². The number of likely N-dealkylation sites (N-methyl/N-ethyl adjacent to an activating group) is 1. The summed E-state index contributed by atoms with van der Waals surface area (Å²) in [5.41, 5.74) is 7.82. The van der Waals surface area contributed by atoms with Crippen molar-refractivity contribution in [3.8, 4) is 0 Å². The van der Waals surface area contributed by atoms with Crippen molar-refractivity contribution < 1.29 is 0 Å². The zero-order valence-electron chi connectivity index (χ0n) is 12.5. The minimum Gasteiger partial charge on any atom is -0.329 e. The predicted molar refractivity (Wildman–Crippen MR) is 81.3 cm³/mol. The van der Waals surface area contributed by atoms with Crippen molar-refractivity contribution in [2.75, 3.05) is 32.7 Å². The van der Waals surface area contributed by atoms with Gasteiger partial charge in [0.25, 0.3) is 0 Å². The molecule has 2 aliphatic rings. The van der Waals surface area contributed by atoms with Gasteiger partial charge in [-0.2, -0.15) is 0 Å². The third-order valence-corrected chi connectivity index (χ3v) is 5.38. The average molecular weight is 274 g/mol. The van der Waals surface area contributed by atoms with Gasteiger partial charge >= 0.3 is 0 Å². The van der Waals surface area contributed by atoms with Gasteiger partial charge in [0.15, 0.2) is 0 Å². The summed E-state index contributed by atoms with van der Waals surface area (Å²) in [7, 11) is 0. The number of hydrogen-bond acceptors (Lipinski definition) is 4. The van der Waals surface area contributed by atoms with E-state index in [1.54, 1.807) is 0 Å². The van der Waals surface area contributed by atoms with Gasteiger partial charge in [-0.15, -0.1) is 0 Å². The van der Waals surface area contributed by atoms with Crippen LogP contribution < -0.4 is 5.73 Å². The quantitative estimate of drug-likeness (QED) is 0.880. The fourth-order valence-corrected chi connectivity index (χ4v) is 4.14. The van der Waals surface area contributed by atoms with Crippen LogP contribution in [0.5, 0.6) is 0 Å². The molecule has 0 aromatic carbocycles. The molecule has 2 aliphatic heterocycles. The molecule has 1 aromatic heterocycles. The van der Waals surface area contributed by atoms with Gasteiger partial charge in [0.05, 0.1) is 0 Å². The Labute approximate surface area is 122 Å². The first kappa shape index (κ1) is 14.0. The normalized spacial score (nSPS) is 32.8. The summed E-state index contributed by atoms with van der Waals surface area (Å²) in [5.74, 6) is 0.739. The number of rotatable bonds is 5. The maximum Gasteiger partial charge on any atom is 0.0388 e. The number of piperidine rings is 1. The van der Waals surface area contributed by atoms with Crippen molar-refractivity contribution >= 4 is 0 Å². The summed E-state index contributed by atoms with van der Waals surface area (Å²) in [5, 5.41) is 0. The second-order valence-corrected chi connectivity index (χ2v) is 6.21. The Kier molecular flexibility index (Phi) is 4.06. The molecular formula is C16H26N4. The fraction of sp³-hybridized carbons (Fsp3) is 0.688. The third-order valence-electron chi connectivity index (χ3n) is 5.38. The number of pyridine rings is 1. The van der Waals surface area contributed by atoms with Crippen LogP contribution in [0.1, 0.15) is 25.3 Å². The van der Waals surface area contributed by atoms with Crippen LogP contribution in [0.15, 0.2) is 24.5 Å². The Bertz CT molecular complexity index is 435. The van der Waals surface area contributed by atoms with E-state index in [2.05, 4.69) is 33.8 Å². The molecule has 0 spiro atoms. The Balaban J connectivity index is 1.82. The van der Waals surface area contributed by atoms with Crippen LogP contribution in [0, 0.1) is 5.92 Å². The van der Waals surface area contributed by atoms with Gasteiger partial charge < -0.3 is 10.6 Å². The van der Waals surface area contributed by atoms with E-state index in [4.69, 9.17) is 5.73 Å². The van der Waals surface area contributed by atoms with E-state index in [1.165, 1.54) is 38.0 Å². The molecule has 3 unspecified atom stereocenters. The summed E-state index contributed by atoms with van der Waals surface area (Å²) in [6, 6.07) is 4.24. The molecule has 0 radical (unpaired) electrons. The van der Waals surface area contributed by atoms with Gasteiger partial charge in [-0.3, -0.25) is 9.88 Å². The molecule has 2 saturated heterocycles. The highest BCUT2D eigenvalue weighted by molar-refractivity contribution is 5.12. The summed E-state index contributed by atoms with van der Waals surface area (Å²) in [4.78, 5) is 9.33. The monoisotopic (exact) mass is 274 g/mol. The summed E-state index contributed by atoms with van der Waals surface area (Å²) < 4.78 is 0. The molecule has 1 aromatic rings. The van der Waals surface area contributed by atoms with Crippen LogP contribution >= 0.6 is 0 Å². The summed E-state index contributed by atoms with van der Waals surface area (Å²) in [6.45, 7) is 8.82. The minimum atomic E-state index is 0.199. The number of fused-ring (bicyclic) bond motifs is 2. The van der Waals surface area contributed by atoms with Gasteiger partial charge in [0.2, 0.25) is 0 Å². The smallest absolute Gasteiger partial charge is 0.0388 e. The largest absolute Gasteiger partial charge is 0.329 e. The van der Waals surface area contributed by atoms with Gasteiger partial charge in [0.1, 0.15) is 0 Å². The lowest BCUT2D eigenvalue weighted by Crippen LogP contribution is -2.61. The molecule has 0 aliphatic carbocycles. The zero-order valence-corrected chi connectivity index (χ0v) is 12.5. The molecule has 4 heteroatoms. The van der Waals surface area contributed by atoms with Crippen molar-refractivity contribution in [2.24, 2.45) is 11.7 Å². The van der Waals surface area contributed by atoms with Crippen LogP contribution in [0.3, 0.4) is 0 Å². The number of nitrogens with zero attached hydrogens (tertiary/aromatic N) is 3. The predicted octanol–water partition coefficient (Wildman–Crippen LogP) is 1.33. The molecule has 0 amide bonds. The van der Waals surface area contributed by atoms with Gasteiger partial charge in [-0.05, 0) is 56.1 Å². The van der Waals surface area contributed by atoms with Crippen LogP contribution in [0.25, 0.3) is 0 Å². The molecule has 2 N–H and O–H groups in total. The SMILES string of the molecule is CCN(Cc1ccncc1)C1(CN)CCN2CCC1C2. The molecule has 3 heterocycles. The maximum atomic E-state index is 6.28. The molecule has 2 fully saturated rings. The first-order chi connectivity index (χ1) is 9.78. The van der Waals surface area contributed by atoms with Gasteiger partial charge in [-0.1, -0.05) is 6.92 Å². The molecule has 110 valence electrons. The Morgan fingerprint density at radius 2 is 2.20 bits per heavy atom. The summed E-state index contributed by atoms with van der Waals surface area (Å²) in [6.07, 6.45) is 6.30. The molecule has 20 heavy (non-hydrogen) atoms. The van der Waals surface area contributed by atoms with Crippen LogP contribution in [0.4, 0.5) is 0 Å². The van der Waals surface area contributed by atoms with Gasteiger partial charge in [-0.25, -0.2) is 0 Å². The lowest BCUT2D eigenvalue weighted by Gasteiger charge is -2.50. The summed E-state index contributed by atoms with van der Waals surface area (Å²) >= 11 is 0. The van der Waals surface area contributed by atoms with Gasteiger partial charge in [0, 0.05) is 37.6 Å². The Hall–Kier alpha value is -0.970. The van der Waals surface area contributed by atoms with Crippen molar-refractivity contribution in [1.82, 2.24) is 14.8 Å². The maximum absolute atomic E-state index is 6.28. The molecule has 4 nitrogen and oxygen atoms in total. The highest BCUT2D eigenvalue weighted by Gasteiger charge is 2.48. The lowest BCUT2D eigenvalue weighted by atomic mass is 9.77. The number of hydrogen-bond donors (Lipinski definition) is 1. The first-order valence-corrected chi connectivity index (χ1v) is 7.85. The Morgan fingerprint density at radius 3 is 2.90 bits per heavy atom. The van der Waals surface area contributed by atoms with E-state index in [9.17, 15) is 0 Å². The van der Waals surface area contributed by atoms with Crippen molar-refractivity contribution in [3.63, 3.8) is 0 Å². The number of nitrogens with two attached hydrogens (primary N) is 1. The van der Waals surface area contributed by atoms with Crippen LogP contribution in [0.2, 0.25) is 0 Å². The molecule has 2 bridgehead atoms.